The van der Waals surface area contributed by atoms with Crippen LogP contribution in [0.15, 0.2) is 18.2 Å². The van der Waals surface area contributed by atoms with Crippen molar-refractivity contribution in [3.8, 4) is 0 Å². The molecule has 2 rings (SSSR count). The summed E-state index contributed by atoms with van der Waals surface area (Å²) in [6.07, 6.45) is 0.658. The molecule has 0 saturated carbocycles. The van der Waals surface area contributed by atoms with Crippen LogP contribution in [0.4, 0.5) is 5.82 Å². The number of hydrogen-bond acceptors (Lipinski definition) is 4. The zero-order chi connectivity index (χ0) is 13.2. The molecule has 1 aliphatic rings. The van der Waals surface area contributed by atoms with Gasteiger partial charge in [0, 0.05) is 25.3 Å². The predicted octanol–water partition coefficient (Wildman–Crippen LogP) is 0.908. The Bertz CT molecular complexity index is 516. The molecule has 1 fully saturated rings. The summed E-state index contributed by atoms with van der Waals surface area (Å²) in [6, 6.07) is 5.81. The fraction of sp³-hybridized carbons (Fsp3) is 0.583. The van der Waals surface area contributed by atoms with Crippen molar-refractivity contribution in [2.45, 2.75) is 25.5 Å². The fourth-order valence-corrected chi connectivity index (χ4v) is 3.64. The Kier molecular flexibility index (Phi) is 3.87. The highest BCUT2D eigenvalue weighted by atomic mass is 32.2. The number of rotatable bonds is 4. The molecule has 1 atom stereocenters. The highest BCUT2D eigenvalue weighted by Crippen LogP contribution is 2.21. The Morgan fingerprint density at radius 2 is 2.28 bits per heavy atom. The molecule has 6 heteroatoms. The molecule has 1 aliphatic heterocycles. The number of sulfonamides is 1. The smallest absolute Gasteiger partial charge is 0.216 e. The van der Waals surface area contributed by atoms with Crippen LogP contribution in [0.3, 0.4) is 0 Å². The lowest BCUT2D eigenvalue weighted by Gasteiger charge is -2.18. The van der Waals surface area contributed by atoms with Gasteiger partial charge in [0.1, 0.15) is 5.82 Å². The van der Waals surface area contributed by atoms with E-state index in [4.69, 9.17) is 0 Å². The predicted molar refractivity (Wildman–Crippen MR) is 72.2 cm³/mol. The van der Waals surface area contributed by atoms with Crippen molar-refractivity contribution < 1.29 is 8.42 Å². The van der Waals surface area contributed by atoms with Crippen molar-refractivity contribution in [1.29, 1.82) is 0 Å². The van der Waals surface area contributed by atoms with Gasteiger partial charge >= 0.3 is 0 Å². The van der Waals surface area contributed by atoms with Crippen LogP contribution in [-0.2, 0) is 10.0 Å². The normalized spacial score (nSPS) is 20.3. The first-order valence-corrected chi connectivity index (χ1v) is 7.74. The van der Waals surface area contributed by atoms with Crippen LogP contribution in [0.2, 0.25) is 0 Å². The SMILES string of the molecule is CCNS(=O)(=O)[C@@H]1CCN(c2cccc(C)n2)C1. The second-order valence-corrected chi connectivity index (χ2v) is 6.58. The summed E-state index contributed by atoms with van der Waals surface area (Å²) in [5, 5.41) is -0.334. The fourth-order valence-electron chi connectivity index (χ4n) is 2.21. The van der Waals surface area contributed by atoms with Gasteiger partial charge in [-0.25, -0.2) is 18.1 Å². The average molecular weight is 269 g/mol. The third-order valence-electron chi connectivity index (χ3n) is 3.13. The Morgan fingerprint density at radius 3 is 2.94 bits per heavy atom. The summed E-state index contributed by atoms with van der Waals surface area (Å²) in [4.78, 5) is 6.46. The number of nitrogens with one attached hydrogen (secondary N) is 1. The van der Waals surface area contributed by atoms with Gasteiger partial charge in [0.2, 0.25) is 10.0 Å². The monoisotopic (exact) mass is 269 g/mol. The molecule has 0 aliphatic carbocycles. The van der Waals surface area contributed by atoms with E-state index in [2.05, 4.69) is 9.71 Å². The largest absolute Gasteiger partial charge is 0.355 e. The highest BCUT2D eigenvalue weighted by Gasteiger charge is 2.33. The van der Waals surface area contributed by atoms with Crippen LogP contribution in [0.5, 0.6) is 0 Å². The van der Waals surface area contributed by atoms with Crippen LogP contribution < -0.4 is 9.62 Å². The van der Waals surface area contributed by atoms with Gasteiger partial charge in [-0.2, -0.15) is 0 Å². The number of nitrogens with zero attached hydrogens (tertiary/aromatic N) is 2. The molecule has 100 valence electrons. The van der Waals surface area contributed by atoms with Crippen molar-refractivity contribution in [3.05, 3.63) is 23.9 Å². The summed E-state index contributed by atoms with van der Waals surface area (Å²) in [7, 11) is -3.18. The third-order valence-corrected chi connectivity index (χ3v) is 5.08. The van der Waals surface area contributed by atoms with Crippen LogP contribution >= 0.6 is 0 Å². The van der Waals surface area contributed by atoms with Crippen LogP contribution in [0, 0.1) is 6.92 Å². The molecule has 0 radical (unpaired) electrons. The lowest BCUT2D eigenvalue weighted by atomic mass is 10.3. The quantitative estimate of drug-likeness (QED) is 0.882. The number of anilines is 1. The van der Waals surface area contributed by atoms with Crippen LogP contribution in [0.25, 0.3) is 0 Å². The number of aromatic nitrogens is 1. The second-order valence-electron chi connectivity index (χ2n) is 4.54. The minimum Gasteiger partial charge on any atom is -0.355 e. The first-order chi connectivity index (χ1) is 8.53. The molecule has 1 N–H and O–H groups in total. The van der Waals surface area contributed by atoms with E-state index in [1.54, 1.807) is 6.92 Å². The standard InChI is InChI=1S/C12H19N3O2S/c1-3-13-18(16,17)11-7-8-15(9-11)12-6-4-5-10(2)14-12/h4-6,11,13H,3,7-9H2,1-2H3/t11-/m1/s1. The summed E-state index contributed by atoms with van der Waals surface area (Å²) >= 11 is 0. The minimum absolute atomic E-state index is 0.334. The van der Waals surface area contributed by atoms with Gasteiger partial charge in [-0.1, -0.05) is 13.0 Å². The first kappa shape index (κ1) is 13.3. The minimum atomic E-state index is -3.18. The number of aryl methyl sites for hydroxylation is 1. The van der Waals surface area contributed by atoms with Crippen molar-refractivity contribution in [2.75, 3.05) is 24.5 Å². The molecule has 0 bridgehead atoms. The lowest BCUT2D eigenvalue weighted by molar-refractivity contribution is 0.571. The Labute approximate surface area is 108 Å². The Balaban J connectivity index is 2.09. The summed E-state index contributed by atoms with van der Waals surface area (Å²) < 4.78 is 26.4. The van der Waals surface area contributed by atoms with Gasteiger partial charge in [0.15, 0.2) is 0 Å². The molecular formula is C12H19N3O2S. The average Bonchev–Trinajstić information content (AvgIpc) is 2.78. The van der Waals surface area contributed by atoms with Crippen molar-refractivity contribution in [1.82, 2.24) is 9.71 Å². The van der Waals surface area contributed by atoms with E-state index in [1.165, 1.54) is 0 Å². The molecule has 2 heterocycles. The first-order valence-electron chi connectivity index (χ1n) is 6.20. The third kappa shape index (κ3) is 2.81. The zero-order valence-electron chi connectivity index (χ0n) is 10.8. The molecule has 1 saturated heterocycles. The maximum absolute atomic E-state index is 11.9. The second kappa shape index (κ2) is 5.24. The molecule has 18 heavy (non-hydrogen) atoms. The van der Waals surface area contributed by atoms with Crippen molar-refractivity contribution in [3.63, 3.8) is 0 Å². The van der Waals surface area contributed by atoms with E-state index in [-0.39, 0.29) is 5.25 Å². The van der Waals surface area contributed by atoms with Crippen molar-refractivity contribution in [2.24, 2.45) is 0 Å². The van der Waals surface area contributed by atoms with E-state index in [0.717, 1.165) is 18.1 Å². The topological polar surface area (TPSA) is 62.3 Å². The Morgan fingerprint density at radius 1 is 1.50 bits per heavy atom. The summed E-state index contributed by atoms with van der Waals surface area (Å²) in [6.45, 7) is 5.44. The maximum atomic E-state index is 11.9. The molecule has 5 nitrogen and oxygen atoms in total. The van der Waals surface area contributed by atoms with Gasteiger partial charge in [-0.05, 0) is 25.5 Å². The molecule has 0 amide bonds. The molecular weight excluding hydrogens is 250 g/mol. The Hall–Kier alpha value is -1.14. The summed E-state index contributed by atoms with van der Waals surface area (Å²) in [5.74, 6) is 0.865. The van der Waals surface area contributed by atoms with E-state index < -0.39 is 10.0 Å². The van der Waals surface area contributed by atoms with E-state index in [9.17, 15) is 8.42 Å². The van der Waals surface area contributed by atoms with E-state index in [0.29, 0.717) is 19.5 Å². The van der Waals surface area contributed by atoms with E-state index >= 15 is 0 Å². The van der Waals surface area contributed by atoms with Crippen molar-refractivity contribution >= 4 is 15.8 Å². The number of pyridine rings is 1. The zero-order valence-corrected chi connectivity index (χ0v) is 11.6. The highest BCUT2D eigenvalue weighted by molar-refractivity contribution is 7.90. The molecule has 1 aromatic heterocycles. The molecule has 0 unspecified atom stereocenters. The lowest BCUT2D eigenvalue weighted by Crippen LogP contribution is -2.36. The van der Waals surface area contributed by atoms with Gasteiger partial charge < -0.3 is 4.90 Å². The summed E-state index contributed by atoms with van der Waals surface area (Å²) in [5.41, 5.74) is 0.950. The number of hydrogen-bond donors (Lipinski definition) is 1. The molecule has 0 spiro atoms. The van der Waals surface area contributed by atoms with Crippen LogP contribution in [-0.4, -0.2) is 38.3 Å². The van der Waals surface area contributed by atoms with Crippen LogP contribution in [0.1, 0.15) is 19.0 Å². The van der Waals surface area contributed by atoms with Gasteiger partial charge in [-0.3, -0.25) is 0 Å². The van der Waals surface area contributed by atoms with Gasteiger partial charge in [0.05, 0.1) is 5.25 Å². The van der Waals surface area contributed by atoms with Gasteiger partial charge in [0.25, 0.3) is 0 Å². The molecule has 0 aromatic carbocycles. The maximum Gasteiger partial charge on any atom is 0.216 e. The molecule has 1 aromatic rings. The van der Waals surface area contributed by atoms with E-state index in [1.807, 2.05) is 30.0 Å². The van der Waals surface area contributed by atoms with Gasteiger partial charge in [-0.15, -0.1) is 0 Å².